The number of carbonyl (C=O) groups is 1. The fourth-order valence-electron chi connectivity index (χ4n) is 2.46. The van der Waals surface area contributed by atoms with Crippen LogP contribution in [0.5, 0.6) is 0 Å². The quantitative estimate of drug-likeness (QED) is 0.516. The monoisotopic (exact) mass is 451 g/mol. The second-order valence-electron chi connectivity index (χ2n) is 6.27. The molecule has 8 heteroatoms. The maximum atomic E-state index is 12.1. The number of hydrogen-bond acceptors (Lipinski definition) is 4. The van der Waals surface area contributed by atoms with Gasteiger partial charge in [0.15, 0.2) is 0 Å². The van der Waals surface area contributed by atoms with Gasteiger partial charge in [-0.3, -0.25) is 9.59 Å². The number of aromatic amines is 1. The number of rotatable bonds is 5. The van der Waals surface area contributed by atoms with Crippen LogP contribution in [0.15, 0.2) is 40.5 Å². The van der Waals surface area contributed by atoms with E-state index in [0.29, 0.717) is 38.5 Å². The van der Waals surface area contributed by atoms with Gasteiger partial charge in [0.1, 0.15) is 10.2 Å². The summed E-state index contributed by atoms with van der Waals surface area (Å²) in [6.45, 7) is 8.03. The number of aromatic nitrogens is 2. The Kier molecular flexibility index (Phi) is 8.44. The highest BCUT2D eigenvalue weighted by atomic mass is 35.5. The molecule has 5 nitrogen and oxygen atoms in total. The lowest BCUT2D eigenvalue weighted by Gasteiger charge is -2.11. The standard InChI is InChI=1S/C19H17Cl2N3O2S.C2H6/c1-10(2)19(26)22-9-11-3-4-14(20)13(7-11)18-23-15(8-16(25)24-18)12-5-6-27-17(12)21;1-2/h3-8,10H,9H2,1-2H3,(H,22,26)(H,23,24,25);1-2H3. The first-order valence-electron chi connectivity index (χ1n) is 9.26. The van der Waals surface area contributed by atoms with Crippen molar-refractivity contribution in [3.8, 4) is 22.6 Å². The van der Waals surface area contributed by atoms with Crippen LogP contribution in [0.2, 0.25) is 9.36 Å². The highest BCUT2D eigenvalue weighted by molar-refractivity contribution is 7.15. The van der Waals surface area contributed by atoms with Crippen LogP contribution < -0.4 is 10.9 Å². The zero-order valence-electron chi connectivity index (χ0n) is 16.7. The minimum absolute atomic E-state index is 0.0351. The second-order valence-corrected chi connectivity index (χ2v) is 8.20. The van der Waals surface area contributed by atoms with Gasteiger partial charge >= 0.3 is 0 Å². The molecule has 29 heavy (non-hydrogen) atoms. The number of benzene rings is 1. The first-order valence-corrected chi connectivity index (χ1v) is 10.9. The molecule has 2 aromatic heterocycles. The normalized spacial score (nSPS) is 10.4. The summed E-state index contributed by atoms with van der Waals surface area (Å²) in [4.78, 5) is 31.2. The molecule has 0 unspecified atom stereocenters. The van der Waals surface area contributed by atoms with Gasteiger partial charge in [-0.1, -0.05) is 57.0 Å². The average molecular weight is 452 g/mol. The second kappa shape index (κ2) is 10.6. The third-order valence-corrected chi connectivity index (χ3v) is 5.41. The summed E-state index contributed by atoms with van der Waals surface area (Å²) < 4.78 is 0.565. The molecule has 2 heterocycles. The van der Waals surface area contributed by atoms with Crippen LogP contribution in [0.1, 0.15) is 33.3 Å². The molecule has 0 bridgehead atoms. The lowest BCUT2D eigenvalue weighted by molar-refractivity contribution is -0.124. The Labute approximate surface area is 184 Å². The Bertz CT molecular complexity index is 1040. The SMILES string of the molecule is CC.CC(C)C(=O)NCc1ccc(Cl)c(-c2nc(-c3ccsc3Cl)cc(=O)[nH]2)c1. The van der Waals surface area contributed by atoms with Gasteiger partial charge in [-0.25, -0.2) is 4.98 Å². The van der Waals surface area contributed by atoms with Crippen LogP contribution in [0.3, 0.4) is 0 Å². The molecule has 0 radical (unpaired) electrons. The van der Waals surface area contributed by atoms with Gasteiger partial charge in [-0.2, -0.15) is 0 Å². The van der Waals surface area contributed by atoms with E-state index >= 15 is 0 Å². The predicted octanol–water partition coefficient (Wildman–Crippen LogP) is 5.77. The third kappa shape index (κ3) is 5.92. The minimum atomic E-state index is -0.299. The fraction of sp³-hybridized carbons (Fsp3) is 0.286. The van der Waals surface area contributed by atoms with Crippen LogP contribution in [0.4, 0.5) is 0 Å². The largest absolute Gasteiger partial charge is 0.352 e. The molecular formula is C21H23Cl2N3O2S. The molecule has 0 atom stereocenters. The van der Waals surface area contributed by atoms with E-state index in [-0.39, 0.29) is 17.4 Å². The van der Waals surface area contributed by atoms with Crippen molar-refractivity contribution in [3.63, 3.8) is 0 Å². The first-order chi connectivity index (χ1) is 13.8. The van der Waals surface area contributed by atoms with Gasteiger partial charge in [0.05, 0.1) is 10.7 Å². The molecule has 0 fully saturated rings. The fourth-order valence-corrected chi connectivity index (χ4v) is 3.60. The van der Waals surface area contributed by atoms with Crippen molar-refractivity contribution in [2.45, 2.75) is 34.2 Å². The lowest BCUT2D eigenvalue weighted by Crippen LogP contribution is -2.27. The van der Waals surface area contributed by atoms with Crippen molar-refractivity contribution in [3.05, 3.63) is 61.0 Å². The molecule has 1 aromatic carbocycles. The number of thiophene rings is 1. The molecule has 154 valence electrons. The Morgan fingerprint density at radius 3 is 2.52 bits per heavy atom. The predicted molar refractivity (Wildman–Crippen MR) is 122 cm³/mol. The summed E-state index contributed by atoms with van der Waals surface area (Å²) in [5.41, 5.74) is 2.32. The first kappa shape index (κ1) is 23.1. The maximum Gasteiger partial charge on any atom is 0.251 e. The molecule has 0 aliphatic carbocycles. The highest BCUT2D eigenvalue weighted by Gasteiger charge is 2.13. The summed E-state index contributed by atoms with van der Waals surface area (Å²) >= 11 is 13.9. The molecule has 0 saturated carbocycles. The van der Waals surface area contributed by atoms with E-state index in [1.807, 2.05) is 45.2 Å². The molecule has 0 saturated heterocycles. The molecule has 1 amide bonds. The Morgan fingerprint density at radius 2 is 1.90 bits per heavy atom. The summed E-state index contributed by atoms with van der Waals surface area (Å²) in [7, 11) is 0. The molecular weight excluding hydrogens is 429 g/mol. The molecule has 2 N–H and O–H groups in total. The zero-order chi connectivity index (χ0) is 21.6. The van der Waals surface area contributed by atoms with Crippen molar-refractivity contribution >= 4 is 40.4 Å². The van der Waals surface area contributed by atoms with E-state index in [1.54, 1.807) is 12.1 Å². The van der Waals surface area contributed by atoms with Gasteiger partial charge in [-0.15, -0.1) is 11.3 Å². The van der Waals surface area contributed by atoms with E-state index in [1.165, 1.54) is 17.4 Å². The van der Waals surface area contributed by atoms with Crippen molar-refractivity contribution in [1.82, 2.24) is 15.3 Å². The lowest BCUT2D eigenvalue weighted by atomic mass is 10.1. The van der Waals surface area contributed by atoms with E-state index < -0.39 is 0 Å². The van der Waals surface area contributed by atoms with Crippen molar-refractivity contribution < 1.29 is 4.79 Å². The topological polar surface area (TPSA) is 74.8 Å². The number of hydrogen-bond donors (Lipinski definition) is 2. The summed E-state index contributed by atoms with van der Waals surface area (Å²) in [5.74, 6) is 0.218. The Hall–Kier alpha value is -2.15. The van der Waals surface area contributed by atoms with Gasteiger partial charge in [-0.05, 0) is 29.1 Å². The van der Waals surface area contributed by atoms with Crippen molar-refractivity contribution in [2.24, 2.45) is 5.92 Å². The maximum absolute atomic E-state index is 12.1. The van der Waals surface area contributed by atoms with Crippen LogP contribution >= 0.6 is 34.5 Å². The molecule has 3 rings (SSSR count). The number of nitrogens with zero attached hydrogens (tertiary/aromatic N) is 1. The Morgan fingerprint density at radius 1 is 1.17 bits per heavy atom. The van der Waals surface area contributed by atoms with Crippen molar-refractivity contribution in [2.75, 3.05) is 0 Å². The number of carbonyl (C=O) groups excluding carboxylic acids is 1. The molecule has 3 aromatic rings. The van der Waals surface area contributed by atoms with E-state index in [4.69, 9.17) is 23.2 Å². The number of halogens is 2. The van der Waals surface area contributed by atoms with Gasteiger partial charge < -0.3 is 10.3 Å². The highest BCUT2D eigenvalue weighted by Crippen LogP contribution is 2.32. The number of H-pyrrole nitrogens is 1. The van der Waals surface area contributed by atoms with Gasteiger partial charge in [0.2, 0.25) is 5.91 Å². The van der Waals surface area contributed by atoms with Crippen molar-refractivity contribution in [1.29, 1.82) is 0 Å². The summed E-state index contributed by atoms with van der Waals surface area (Å²) in [5, 5.41) is 5.15. The molecule has 0 spiro atoms. The van der Waals surface area contributed by atoms with Gasteiger partial charge in [0, 0.05) is 29.7 Å². The summed E-state index contributed by atoms with van der Waals surface area (Å²) in [6, 6.07) is 8.57. The van der Waals surface area contributed by atoms with Gasteiger partial charge in [0.25, 0.3) is 5.56 Å². The summed E-state index contributed by atoms with van der Waals surface area (Å²) in [6.07, 6.45) is 0. The number of amides is 1. The Balaban J connectivity index is 0.00000145. The van der Waals surface area contributed by atoms with E-state index in [9.17, 15) is 9.59 Å². The molecule has 0 aliphatic rings. The average Bonchev–Trinajstić information content (AvgIpc) is 3.14. The zero-order valence-corrected chi connectivity index (χ0v) is 19.0. The van der Waals surface area contributed by atoms with Crippen LogP contribution in [-0.2, 0) is 11.3 Å². The third-order valence-electron chi connectivity index (χ3n) is 3.91. The molecule has 0 aliphatic heterocycles. The van der Waals surface area contributed by atoms with Crippen LogP contribution in [-0.4, -0.2) is 15.9 Å². The smallest absolute Gasteiger partial charge is 0.251 e. The van der Waals surface area contributed by atoms with Crippen LogP contribution in [0, 0.1) is 5.92 Å². The van der Waals surface area contributed by atoms with E-state index in [0.717, 1.165) is 5.56 Å². The number of nitrogens with one attached hydrogen (secondary N) is 2. The minimum Gasteiger partial charge on any atom is -0.352 e. The van der Waals surface area contributed by atoms with E-state index in [2.05, 4.69) is 15.3 Å². The van der Waals surface area contributed by atoms with Crippen LogP contribution in [0.25, 0.3) is 22.6 Å².